The highest BCUT2D eigenvalue weighted by Crippen LogP contribution is 2.23. The van der Waals surface area contributed by atoms with E-state index in [1.807, 2.05) is 20.8 Å². The topological polar surface area (TPSA) is 78.9 Å². The number of rotatable bonds is 4. The van der Waals surface area contributed by atoms with Gasteiger partial charge in [0.05, 0.1) is 12.0 Å². The zero-order valence-electron chi connectivity index (χ0n) is 13.8. The van der Waals surface area contributed by atoms with Crippen molar-refractivity contribution in [2.75, 3.05) is 18.4 Å². The van der Waals surface area contributed by atoms with Crippen LogP contribution in [0, 0.1) is 11.8 Å². The molecule has 2 rings (SSSR count). The van der Waals surface area contributed by atoms with Gasteiger partial charge in [-0.3, -0.25) is 4.79 Å². The number of carbonyl (C=O) groups excluding carboxylic acids is 1. The molecule has 0 aliphatic carbocycles. The molecule has 0 aromatic heterocycles. The van der Waals surface area contributed by atoms with E-state index in [2.05, 4.69) is 5.32 Å². The summed E-state index contributed by atoms with van der Waals surface area (Å²) >= 11 is 0. The number of carboxylic acids is 1. The first-order chi connectivity index (χ1) is 10.8. The molecule has 1 saturated heterocycles. The number of nitrogens with zero attached hydrogens (tertiary/aromatic N) is 1. The van der Waals surface area contributed by atoms with E-state index >= 15 is 0 Å². The van der Waals surface area contributed by atoms with Crippen LogP contribution in [0.5, 0.6) is 5.75 Å². The maximum absolute atomic E-state index is 12.3. The monoisotopic (exact) mass is 320 g/mol. The number of carboxylic acid groups (broad SMARTS) is 1. The first-order valence-corrected chi connectivity index (χ1v) is 7.90. The van der Waals surface area contributed by atoms with Crippen LogP contribution in [0.2, 0.25) is 0 Å². The fourth-order valence-corrected chi connectivity index (χ4v) is 2.79. The van der Waals surface area contributed by atoms with Gasteiger partial charge in [-0.1, -0.05) is 6.92 Å². The number of piperidine rings is 1. The van der Waals surface area contributed by atoms with Gasteiger partial charge in [-0.15, -0.1) is 0 Å². The summed E-state index contributed by atoms with van der Waals surface area (Å²) in [7, 11) is 0. The summed E-state index contributed by atoms with van der Waals surface area (Å²) in [6.07, 6.45) is 0.707. The van der Waals surface area contributed by atoms with Gasteiger partial charge in [0.1, 0.15) is 5.75 Å². The molecule has 2 unspecified atom stereocenters. The molecule has 2 N–H and O–H groups in total. The molecule has 1 aromatic carbocycles. The SMILES string of the molecule is CC1CC(C(=O)O)CN(C(=O)Nc2ccc(OC(C)C)cc2)C1. The van der Waals surface area contributed by atoms with Crippen molar-refractivity contribution in [2.24, 2.45) is 11.8 Å². The molecule has 1 aliphatic rings. The van der Waals surface area contributed by atoms with Crippen molar-refractivity contribution in [3.63, 3.8) is 0 Å². The van der Waals surface area contributed by atoms with Crippen molar-refractivity contribution in [1.29, 1.82) is 0 Å². The number of aliphatic carboxylic acids is 1. The van der Waals surface area contributed by atoms with Crippen LogP contribution < -0.4 is 10.1 Å². The van der Waals surface area contributed by atoms with E-state index in [0.717, 1.165) is 5.75 Å². The average Bonchev–Trinajstić information content (AvgIpc) is 2.48. The molecule has 1 aliphatic heterocycles. The zero-order chi connectivity index (χ0) is 17.0. The summed E-state index contributed by atoms with van der Waals surface area (Å²) in [5.41, 5.74) is 0.663. The van der Waals surface area contributed by atoms with Gasteiger partial charge in [0, 0.05) is 18.8 Å². The largest absolute Gasteiger partial charge is 0.491 e. The molecule has 23 heavy (non-hydrogen) atoms. The van der Waals surface area contributed by atoms with Crippen LogP contribution >= 0.6 is 0 Å². The average molecular weight is 320 g/mol. The lowest BCUT2D eigenvalue weighted by atomic mass is 9.91. The second-order valence-electron chi connectivity index (χ2n) is 6.40. The second-order valence-corrected chi connectivity index (χ2v) is 6.40. The molecule has 0 radical (unpaired) electrons. The van der Waals surface area contributed by atoms with E-state index < -0.39 is 11.9 Å². The lowest BCUT2D eigenvalue weighted by molar-refractivity contribution is -0.143. The van der Waals surface area contributed by atoms with Crippen LogP contribution in [-0.4, -0.2) is 41.2 Å². The number of urea groups is 1. The van der Waals surface area contributed by atoms with E-state index in [0.29, 0.717) is 18.7 Å². The van der Waals surface area contributed by atoms with Crippen LogP contribution in [0.3, 0.4) is 0 Å². The Morgan fingerprint density at radius 2 is 1.91 bits per heavy atom. The predicted molar refractivity (Wildman–Crippen MR) is 87.7 cm³/mol. The molecule has 0 saturated carbocycles. The smallest absolute Gasteiger partial charge is 0.321 e. The maximum Gasteiger partial charge on any atom is 0.321 e. The van der Waals surface area contributed by atoms with Crippen LogP contribution in [-0.2, 0) is 4.79 Å². The van der Waals surface area contributed by atoms with Crippen LogP contribution in [0.25, 0.3) is 0 Å². The molecule has 6 nitrogen and oxygen atoms in total. The van der Waals surface area contributed by atoms with Crippen molar-refractivity contribution in [1.82, 2.24) is 4.90 Å². The minimum absolute atomic E-state index is 0.0956. The minimum Gasteiger partial charge on any atom is -0.491 e. The molecular formula is C17H24N2O4. The quantitative estimate of drug-likeness (QED) is 0.893. The molecule has 126 valence electrons. The van der Waals surface area contributed by atoms with Crippen molar-refractivity contribution in [2.45, 2.75) is 33.3 Å². The number of benzene rings is 1. The van der Waals surface area contributed by atoms with E-state index in [9.17, 15) is 14.7 Å². The summed E-state index contributed by atoms with van der Waals surface area (Å²) in [4.78, 5) is 25.1. The van der Waals surface area contributed by atoms with E-state index in [-0.39, 0.29) is 24.6 Å². The maximum atomic E-state index is 12.3. The van der Waals surface area contributed by atoms with Gasteiger partial charge in [-0.05, 0) is 50.5 Å². The van der Waals surface area contributed by atoms with Crippen molar-refractivity contribution < 1.29 is 19.4 Å². The third kappa shape index (κ3) is 4.87. The van der Waals surface area contributed by atoms with Gasteiger partial charge in [-0.25, -0.2) is 4.79 Å². The highest BCUT2D eigenvalue weighted by Gasteiger charge is 2.31. The molecule has 1 fully saturated rings. The van der Waals surface area contributed by atoms with Crippen LogP contribution in [0.1, 0.15) is 27.2 Å². The molecule has 2 amide bonds. The van der Waals surface area contributed by atoms with Crippen LogP contribution in [0.15, 0.2) is 24.3 Å². The van der Waals surface area contributed by atoms with Gasteiger partial charge in [-0.2, -0.15) is 0 Å². The van der Waals surface area contributed by atoms with Gasteiger partial charge >= 0.3 is 12.0 Å². The number of nitrogens with one attached hydrogen (secondary N) is 1. The molecule has 1 aromatic rings. The summed E-state index contributed by atoms with van der Waals surface area (Å²) in [5, 5.41) is 12.0. The van der Waals surface area contributed by atoms with Crippen molar-refractivity contribution in [3.05, 3.63) is 24.3 Å². The molecule has 6 heteroatoms. The normalized spacial score (nSPS) is 21.1. The Kier molecular flexibility index (Phi) is 5.47. The fourth-order valence-electron chi connectivity index (χ4n) is 2.79. The van der Waals surface area contributed by atoms with E-state index in [1.54, 1.807) is 29.2 Å². The number of hydrogen-bond acceptors (Lipinski definition) is 3. The molecule has 2 atom stereocenters. The number of likely N-dealkylation sites (tertiary alicyclic amines) is 1. The van der Waals surface area contributed by atoms with Gasteiger partial charge in [0.2, 0.25) is 0 Å². The predicted octanol–water partition coefficient (Wildman–Crippen LogP) is 3.05. The zero-order valence-corrected chi connectivity index (χ0v) is 13.8. The Labute approximate surface area is 136 Å². The molecule has 0 spiro atoms. The highest BCUT2D eigenvalue weighted by atomic mass is 16.5. The second kappa shape index (κ2) is 7.35. The summed E-state index contributed by atoms with van der Waals surface area (Å²) in [5.74, 6) is -0.413. The number of ether oxygens (including phenoxy) is 1. The third-order valence-corrected chi connectivity index (χ3v) is 3.77. The number of hydrogen-bond donors (Lipinski definition) is 2. The summed E-state index contributed by atoms with van der Waals surface area (Å²) in [6, 6.07) is 6.89. The first-order valence-electron chi connectivity index (χ1n) is 7.90. The molecule has 1 heterocycles. The van der Waals surface area contributed by atoms with E-state index in [4.69, 9.17) is 4.74 Å². The Bertz CT molecular complexity index is 556. The minimum atomic E-state index is -0.843. The lowest BCUT2D eigenvalue weighted by Gasteiger charge is -2.34. The number of anilines is 1. The van der Waals surface area contributed by atoms with Crippen molar-refractivity contribution in [3.8, 4) is 5.75 Å². The Balaban J connectivity index is 1.96. The lowest BCUT2D eigenvalue weighted by Crippen LogP contribution is -2.47. The van der Waals surface area contributed by atoms with Crippen LogP contribution in [0.4, 0.5) is 10.5 Å². The van der Waals surface area contributed by atoms with Crippen molar-refractivity contribution >= 4 is 17.7 Å². The Morgan fingerprint density at radius 1 is 1.26 bits per heavy atom. The summed E-state index contributed by atoms with van der Waals surface area (Å²) < 4.78 is 5.56. The number of amides is 2. The standard InChI is InChI=1S/C17H24N2O4/c1-11(2)23-15-6-4-14(5-7-15)18-17(22)19-9-12(3)8-13(10-19)16(20)21/h4-7,11-13H,8-10H2,1-3H3,(H,18,22)(H,20,21). The fraction of sp³-hybridized carbons (Fsp3) is 0.529. The summed E-state index contributed by atoms with van der Waals surface area (Å²) in [6.45, 7) is 6.69. The molecular weight excluding hydrogens is 296 g/mol. The van der Waals surface area contributed by atoms with E-state index in [1.165, 1.54) is 0 Å². The third-order valence-electron chi connectivity index (χ3n) is 3.77. The Morgan fingerprint density at radius 3 is 2.48 bits per heavy atom. The number of carbonyl (C=O) groups is 2. The van der Waals surface area contributed by atoms with Gasteiger partial charge in [0.15, 0.2) is 0 Å². The first kappa shape index (κ1) is 17.1. The highest BCUT2D eigenvalue weighted by molar-refractivity contribution is 5.89. The van der Waals surface area contributed by atoms with Gasteiger partial charge < -0.3 is 20.1 Å². The molecule has 0 bridgehead atoms. The Hall–Kier alpha value is -2.24. The van der Waals surface area contributed by atoms with Gasteiger partial charge in [0.25, 0.3) is 0 Å².